The Bertz CT molecular complexity index is 696. The number of rotatable bonds is 1. The van der Waals surface area contributed by atoms with Gasteiger partial charge in [-0.1, -0.05) is 35.6 Å². The van der Waals surface area contributed by atoms with E-state index in [2.05, 4.69) is 36.1 Å². The van der Waals surface area contributed by atoms with Crippen molar-refractivity contribution in [1.29, 1.82) is 0 Å². The number of hydrogen-bond donors (Lipinski definition) is 1. The van der Waals surface area contributed by atoms with Crippen LogP contribution in [-0.2, 0) is 0 Å². The van der Waals surface area contributed by atoms with Crippen LogP contribution in [0, 0.1) is 13.8 Å². The van der Waals surface area contributed by atoms with Crippen molar-refractivity contribution in [3.63, 3.8) is 0 Å². The summed E-state index contributed by atoms with van der Waals surface area (Å²) in [4.78, 5) is 6.25. The lowest BCUT2D eigenvalue weighted by molar-refractivity contribution is 0.986. The van der Waals surface area contributed by atoms with Crippen LogP contribution < -0.4 is 5.73 Å². The summed E-state index contributed by atoms with van der Waals surface area (Å²) in [6.45, 7) is 4.18. The van der Waals surface area contributed by atoms with Crippen molar-refractivity contribution in [3.05, 3.63) is 34.7 Å². The molecule has 0 atom stereocenters. The largest absolute Gasteiger partial charge is 0.366 e. The van der Waals surface area contributed by atoms with Gasteiger partial charge in [0.25, 0.3) is 0 Å². The highest BCUT2D eigenvalue weighted by Gasteiger charge is 2.15. The van der Waals surface area contributed by atoms with Crippen LogP contribution in [0.1, 0.15) is 10.4 Å². The second-order valence-corrected chi connectivity index (χ2v) is 5.17. The second kappa shape index (κ2) is 3.56. The fourth-order valence-electron chi connectivity index (χ4n) is 2.00. The zero-order chi connectivity index (χ0) is 12.0. The lowest BCUT2D eigenvalue weighted by Crippen LogP contribution is -1.94. The minimum Gasteiger partial charge on any atom is -0.366 e. The van der Waals surface area contributed by atoms with Gasteiger partial charge in [-0.25, -0.2) is 4.52 Å². The van der Waals surface area contributed by atoms with E-state index >= 15 is 0 Å². The summed E-state index contributed by atoms with van der Waals surface area (Å²) in [5, 5.41) is 4.25. The Morgan fingerprint density at radius 1 is 1.24 bits per heavy atom. The Morgan fingerprint density at radius 2 is 2.00 bits per heavy atom. The standard InChI is InChI=1S/C12H12N4S/c1-7-5-3-4-6-9(7)10-8(2)17-12-14-11(13)15-16(10)12/h3-6H,1-2H3,(H2,13,15). The number of aryl methyl sites for hydroxylation is 2. The predicted molar refractivity (Wildman–Crippen MR) is 70.2 cm³/mol. The molecule has 2 aromatic heterocycles. The second-order valence-electron chi connectivity index (χ2n) is 3.99. The zero-order valence-electron chi connectivity index (χ0n) is 9.64. The molecule has 2 heterocycles. The Balaban J connectivity index is 2.36. The van der Waals surface area contributed by atoms with Gasteiger partial charge in [0.05, 0.1) is 5.69 Å². The third kappa shape index (κ3) is 1.51. The molecule has 0 saturated carbocycles. The summed E-state index contributed by atoms with van der Waals surface area (Å²) in [7, 11) is 0. The van der Waals surface area contributed by atoms with Gasteiger partial charge in [0.1, 0.15) is 0 Å². The third-order valence-electron chi connectivity index (χ3n) is 2.78. The smallest absolute Gasteiger partial charge is 0.241 e. The molecule has 3 rings (SSSR count). The molecule has 0 fully saturated rings. The van der Waals surface area contributed by atoms with E-state index in [9.17, 15) is 0 Å². The number of anilines is 1. The number of fused-ring (bicyclic) bond motifs is 1. The molecule has 0 spiro atoms. The Labute approximate surface area is 103 Å². The van der Waals surface area contributed by atoms with Crippen molar-refractivity contribution in [2.24, 2.45) is 0 Å². The molecule has 0 aliphatic rings. The highest BCUT2D eigenvalue weighted by Crippen LogP contribution is 2.32. The van der Waals surface area contributed by atoms with Crippen LogP contribution >= 0.6 is 11.3 Å². The first-order chi connectivity index (χ1) is 8.16. The molecule has 0 saturated heterocycles. The van der Waals surface area contributed by atoms with E-state index in [1.165, 1.54) is 16.0 Å². The van der Waals surface area contributed by atoms with E-state index in [0.29, 0.717) is 5.95 Å². The molecule has 0 aliphatic heterocycles. The van der Waals surface area contributed by atoms with Gasteiger partial charge >= 0.3 is 0 Å². The normalized spacial score (nSPS) is 11.2. The summed E-state index contributed by atoms with van der Waals surface area (Å²) in [6.07, 6.45) is 0. The fraction of sp³-hybridized carbons (Fsp3) is 0.167. The van der Waals surface area contributed by atoms with Crippen LogP contribution in [0.3, 0.4) is 0 Å². The molecular weight excluding hydrogens is 232 g/mol. The molecule has 2 N–H and O–H groups in total. The van der Waals surface area contributed by atoms with Gasteiger partial charge in [0.2, 0.25) is 10.9 Å². The van der Waals surface area contributed by atoms with Crippen molar-refractivity contribution in [2.75, 3.05) is 5.73 Å². The minimum absolute atomic E-state index is 0.325. The van der Waals surface area contributed by atoms with Crippen LogP contribution in [-0.4, -0.2) is 14.6 Å². The highest BCUT2D eigenvalue weighted by atomic mass is 32.1. The third-order valence-corrected chi connectivity index (χ3v) is 3.73. The first-order valence-electron chi connectivity index (χ1n) is 5.34. The maximum Gasteiger partial charge on any atom is 0.241 e. The molecule has 3 aromatic rings. The minimum atomic E-state index is 0.325. The van der Waals surface area contributed by atoms with Gasteiger partial charge in [-0.05, 0) is 19.4 Å². The summed E-state index contributed by atoms with van der Waals surface area (Å²) >= 11 is 1.61. The van der Waals surface area contributed by atoms with Crippen molar-refractivity contribution < 1.29 is 0 Å². The van der Waals surface area contributed by atoms with Gasteiger partial charge in [-0.2, -0.15) is 4.98 Å². The number of aromatic nitrogens is 3. The quantitative estimate of drug-likeness (QED) is 0.716. The van der Waals surface area contributed by atoms with Crippen molar-refractivity contribution >= 4 is 22.2 Å². The first kappa shape index (κ1) is 10.3. The lowest BCUT2D eigenvalue weighted by Gasteiger charge is -2.04. The van der Waals surface area contributed by atoms with Crippen molar-refractivity contribution in [3.8, 4) is 11.3 Å². The van der Waals surface area contributed by atoms with Crippen molar-refractivity contribution in [2.45, 2.75) is 13.8 Å². The number of nitrogens with two attached hydrogens (primary N) is 1. The Morgan fingerprint density at radius 3 is 2.76 bits per heavy atom. The molecule has 0 unspecified atom stereocenters. The van der Waals surface area contributed by atoms with E-state index in [4.69, 9.17) is 5.73 Å². The summed E-state index contributed by atoms with van der Waals surface area (Å²) in [6, 6.07) is 8.26. The van der Waals surface area contributed by atoms with Gasteiger partial charge in [0.15, 0.2) is 0 Å². The zero-order valence-corrected chi connectivity index (χ0v) is 10.5. The molecule has 1 aromatic carbocycles. The van der Waals surface area contributed by atoms with Crippen LogP contribution in [0.15, 0.2) is 24.3 Å². The predicted octanol–water partition coefficient (Wildman–Crippen LogP) is 2.66. The van der Waals surface area contributed by atoms with Gasteiger partial charge < -0.3 is 5.73 Å². The van der Waals surface area contributed by atoms with Gasteiger partial charge in [0, 0.05) is 10.4 Å². The number of thiazole rings is 1. The van der Waals surface area contributed by atoms with Crippen LogP contribution in [0.5, 0.6) is 0 Å². The molecule has 5 heteroatoms. The molecule has 86 valence electrons. The Kier molecular flexibility index (Phi) is 2.16. The van der Waals surface area contributed by atoms with Crippen LogP contribution in [0.25, 0.3) is 16.2 Å². The number of nitrogen functional groups attached to an aromatic ring is 1. The van der Waals surface area contributed by atoms with Gasteiger partial charge in [-0.15, -0.1) is 5.10 Å². The number of benzene rings is 1. The Hall–Kier alpha value is -1.88. The topological polar surface area (TPSA) is 56.2 Å². The van der Waals surface area contributed by atoms with Crippen LogP contribution in [0.2, 0.25) is 0 Å². The SMILES string of the molecule is Cc1ccccc1-c1c(C)sc2nc(N)nn12. The molecule has 0 radical (unpaired) electrons. The maximum absolute atomic E-state index is 5.63. The van der Waals surface area contributed by atoms with E-state index < -0.39 is 0 Å². The number of nitrogens with zero attached hydrogens (tertiary/aromatic N) is 3. The summed E-state index contributed by atoms with van der Waals surface area (Å²) in [5.41, 5.74) is 9.13. The van der Waals surface area contributed by atoms with E-state index in [1.54, 1.807) is 11.3 Å². The van der Waals surface area contributed by atoms with Crippen molar-refractivity contribution in [1.82, 2.24) is 14.6 Å². The van der Waals surface area contributed by atoms with Crippen LogP contribution in [0.4, 0.5) is 5.95 Å². The first-order valence-corrected chi connectivity index (χ1v) is 6.16. The van der Waals surface area contributed by atoms with E-state index in [0.717, 1.165) is 10.7 Å². The molecule has 0 bridgehead atoms. The highest BCUT2D eigenvalue weighted by molar-refractivity contribution is 7.17. The molecule has 17 heavy (non-hydrogen) atoms. The average Bonchev–Trinajstić information content (AvgIpc) is 2.75. The molecule has 4 nitrogen and oxygen atoms in total. The molecule has 0 amide bonds. The fourth-order valence-corrected chi connectivity index (χ4v) is 2.93. The molecule has 0 aliphatic carbocycles. The monoisotopic (exact) mass is 244 g/mol. The van der Waals surface area contributed by atoms with E-state index in [1.807, 2.05) is 16.6 Å². The number of hydrogen-bond acceptors (Lipinski definition) is 4. The lowest BCUT2D eigenvalue weighted by atomic mass is 10.1. The van der Waals surface area contributed by atoms with E-state index in [-0.39, 0.29) is 0 Å². The maximum atomic E-state index is 5.63. The van der Waals surface area contributed by atoms with Gasteiger partial charge in [-0.3, -0.25) is 0 Å². The summed E-state index contributed by atoms with van der Waals surface area (Å²) < 4.78 is 1.83. The average molecular weight is 244 g/mol. The molecular formula is C12H12N4S. The summed E-state index contributed by atoms with van der Waals surface area (Å²) in [5.74, 6) is 0.325.